The number of hydrogen-bond donors (Lipinski definition) is 2. The number of rotatable bonds is 6. The van der Waals surface area contributed by atoms with Crippen LogP contribution in [0.4, 0.5) is 10.1 Å². The molecule has 6 nitrogen and oxygen atoms in total. The van der Waals surface area contributed by atoms with E-state index in [2.05, 4.69) is 10.3 Å². The van der Waals surface area contributed by atoms with E-state index in [1.54, 1.807) is 30.2 Å². The maximum absolute atomic E-state index is 13.5. The van der Waals surface area contributed by atoms with E-state index in [1.807, 2.05) is 18.3 Å². The van der Waals surface area contributed by atoms with Crippen LogP contribution >= 0.6 is 0 Å². The molecule has 3 aromatic rings. The number of methoxy groups -OCH3 is 1. The lowest BCUT2D eigenvalue weighted by atomic mass is 10.1. The van der Waals surface area contributed by atoms with Gasteiger partial charge in [0.05, 0.1) is 18.7 Å². The molecule has 1 saturated heterocycles. The topological polar surface area (TPSA) is 74.4 Å². The van der Waals surface area contributed by atoms with Crippen LogP contribution in [0.2, 0.25) is 0 Å². The number of hydrogen-bond acceptors (Lipinski definition) is 3. The Balaban J connectivity index is 1.38. The van der Waals surface area contributed by atoms with Crippen molar-refractivity contribution in [2.75, 3.05) is 25.5 Å². The van der Waals surface area contributed by atoms with Gasteiger partial charge in [-0.2, -0.15) is 0 Å². The van der Waals surface area contributed by atoms with Gasteiger partial charge in [0.25, 0.3) is 0 Å². The molecule has 2 heterocycles. The average Bonchev–Trinajstić information content (AvgIpc) is 3.29. The average molecular weight is 395 g/mol. The molecule has 1 aliphatic heterocycles. The highest BCUT2D eigenvalue weighted by atomic mass is 19.1. The van der Waals surface area contributed by atoms with Crippen LogP contribution in [-0.2, 0) is 16.0 Å². The van der Waals surface area contributed by atoms with Crippen molar-refractivity contribution in [1.82, 2.24) is 9.88 Å². The lowest BCUT2D eigenvalue weighted by Gasteiger charge is -2.17. The monoisotopic (exact) mass is 395 g/mol. The number of para-hydroxylation sites is 2. The number of halogens is 1. The zero-order valence-electron chi connectivity index (χ0n) is 16.1. The number of aromatic nitrogens is 1. The van der Waals surface area contributed by atoms with Gasteiger partial charge in [0.1, 0.15) is 11.6 Å². The number of H-pyrrole nitrogens is 1. The largest absolute Gasteiger partial charge is 0.495 e. The Morgan fingerprint density at radius 1 is 1.31 bits per heavy atom. The number of amides is 2. The Morgan fingerprint density at radius 3 is 2.97 bits per heavy atom. The van der Waals surface area contributed by atoms with Gasteiger partial charge in [0, 0.05) is 36.6 Å². The third-order valence-electron chi connectivity index (χ3n) is 5.33. The molecular weight excluding hydrogens is 373 g/mol. The maximum atomic E-state index is 13.5. The van der Waals surface area contributed by atoms with Gasteiger partial charge in [-0.05, 0) is 42.3 Å². The minimum Gasteiger partial charge on any atom is -0.495 e. The molecule has 2 amide bonds. The first-order chi connectivity index (χ1) is 14.0. The number of likely N-dealkylation sites (tertiary alicyclic amines) is 1. The first kappa shape index (κ1) is 19.0. The zero-order valence-corrected chi connectivity index (χ0v) is 16.1. The standard InChI is InChI=1S/C22H22FN3O3/c1-29-20-5-3-2-4-19(20)25-22(28)15-10-21(27)26(13-15)9-8-14-12-24-18-7-6-16(23)11-17(14)18/h2-7,11-12,15,24H,8-10,13H2,1H3,(H,25,28). The predicted molar refractivity (Wildman–Crippen MR) is 108 cm³/mol. The van der Waals surface area contributed by atoms with Crippen molar-refractivity contribution in [2.24, 2.45) is 5.92 Å². The second-order valence-electron chi connectivity index (χ2n) is 7.18. The van der Waals surface area contributed by atoms with Crippen LogP contribution in [0.5, 0.6) is 5.75 Å². The normalized spacial score (nSPS) is 16.4. The summed E-state index contributed by atoms with van der Waals surface area (Å²) in [5.41, 5.74) is 2.41. The molecule has 0 bridgehead atoms. The van der Waals surface area contributed by atoms with Gasteiger partial charge in [-0.25, -0.2) is 4.39 Å². The lowest BCUT2D eigenvalue weighted by molar-refractivity contribution is -0.128. The summed E-state index contributed by atoms with van der Waals surface area (Å²) in [5, 5.41) is 3.68. The number of ether oxygens (including phenoxy) is 1. The number of benzene rings is 2. The van der Waals surface area contributed by atoms with Crippen LogP contribution in [0.1, 0.15) is 12.0 Å². The number of fused-ring (bicyclic) bond motifs is 1. The summed E-state index contributed by atoms with van der Waals surface area (Å²) in [6.07, 6.45) is 2.62. The number of carbonyl (C=O) groups is 2. The minimum atomic E-state index is -0.409. The van der Waals surface area contributed by atoms with Crippen molar-refractivity contribution in [3.05, 3.63) is 60.0 Å². The van der Waals surface area contributed by atoms with Crippen LogP contribution in [-0.4, -0.2) is 41.9 Å². The SMILES string of the molecule is COc1ccccc1NC(=O)C1CC(=O)N(CCc2c[nH]c3ccc(F)cc23)C1. The molecule has 29 heavy (non-hydrogen) atoms. The molecule has 1 aliphatic rings. The molecule has 7 heteroatoms. The van der Waals surface area contributed by atoms with Crippen LogP contribution in [0.15, 0.2) is 48.7 Å². The second-order valence-corrected chi connectivity index (χ2v) is 7.18. The summed E-state index contributed by atoms with van der Waals surface area (Å²) < 4.78 is 18.8. The Morgan fingerprint density at radius 2 is 2.14 bits per heavy atom. The molecule has 0 radical (unpaired) electrons. The first-order valence-corrected chi connectivity index (χ1v) is 9.52. The zero-order chi connectivity index (χ0) is 20.4. The molecule has 4 rings (SSSR count). The van der Waals surface area contributed by atoms with Gasteiger partial charge in [0.2, 0.25) is 11.8 Å². The highest BCUT2D eigenvalue weighted by Crippen LogP contribution is 2.26. The molecule has 1 unspecified atom stereocenters. The number of aromatic amines is 1. The van der Waals surface area contributed by atoms with Crippen molar-refractivity contribution in [2.45, 2.75) is 12.8 Å². The van der Waals surface area contributed by atoms with E-state index in [4.69, 9.17) is 4.74 Å². The van der Waals surface area contributed by atoms with E-state index < -0.39 is 5.92 Å². The third-order valence-corrected chi connectivity index (χ3v) is 5.33. The molecule has 150 valence electrons. The third kappa shape index (κ3) is 3.94. The van der Waals surface area contributed by atoms with Crippen LogP contribution in [0.3, 0.4) is 0 Å². The summed E-state index contributed by atoms with van der Waals surface area (Å²) in [7, 11) is 1.54. The Hall–Kier alpha value is -3.35. The van der Waals surface area contributed by atoms with E-state index in [-0.39, 0.29) is 24.1 Å². The fourth-order valence-electron chi connectivity index (χ4n) is 3.76. The molecule has 1 fully saturated rings. The fourth-order valence-corrected chi connectivity index (χ4v) is 3.76. The second kappa shape index (κ2) is 7.95. The number of nitrogens with zero attached hydrogens (tertiary/aromatic N) is 1. The van der Waals surface area contributed by atoms with Crippen LogP contribution < -0.4 is 10.1 Å². The predicted octanol–water partition coefficient (Wildman–Crippen LogP) is 3.35. The Kier molecular flexibility index (Phi) is 5.20. The van der Waals surface area contributed by atoms with Crippen LogP contribution in [0, 0.1) is 11.7 Å². The van der Waals surface area contributed by atoms with E-state index in [0.29, 0.717) is 30.9 Å². The molecule has 1 aromatic heterocycles. The molecule has 0 aliphatic carbocycles. The highest BCUT2D eigenvalue weighted by molar-refractivity contribution is 5.98. The fraction of sp³-hybridized carbons (Fsp3) is 0.273. The van der Waals surface area contributed by atoms with Gasteiger partial charge in [-0.3, -0.25) is 9.59 Å². The molecule has 1 atom stereocenters. The van der Waals surface area contributed by atoms with Gasteiger partial charge in [-0.1, -0.05) is 12.1 Å². The summed E-state index contributed by atoms with van der Waals surface area (Å²) in [6, 6.07) is 11.8. The smallest absolute Gasteiger partial charge is 0.229 e. The van der Waals surface area contributed by atoms with Crippen molar-refractivity contribution in [3.63, 3.8) is 0 Å². The minimum absolute atomic E-state index is 0.0452. The summed E-state index contributed by atoms with van der Waals surface area (Å²) in [5.74, 6) is -0.360. The van der Waals surface area contributed by atoms with Gasteiger partial charge >= 0.3 is 0 Å². The Labute approximate surface area is 167 Å². The molecule has 0 saturated carbocycles. The van der Waals surface area contributed by atoms with Crippen molar-refractivity contribution < 1.29 is 18.7 Å². The van der Waals surface area contributed by atoms with Crippen molar-refractivity contribution >= 4 is 28.4 Å². The van der Waals surface area contributed by atoms with E-state index in [1.165, 1.54) is 12.1 Å². The van der Waals surface area contributed by atoms with Crippen molar-refractivity contribution in [1.29, 1.82) is 0 Å². The summed E-state index contributed by atoms with van der Waals surface area (Å²) in [6.45, 7) is 0.858. The number of anilines is 1. The van der Waals surface area contributed by atoms with Gasteiger partial charge in [0.15, 0.2) is 0 Å². The van der Waals surface area contributed by atoms with E-state index >= 15 is 0 Å². The van der Waals surface area contributed by atoms with Crippen molar-refractivity contribution in [3.8, 4) is 5.75 Å². The first-order valence-electron chi connectivity index (χ1n) is 9.52. The molecular formula is C22H22FN3O3. The Bertz CT molecular complexity index is 1060. The quantitative estimate of drug-likeness (QED) is 0.672. The molecule has 2 aromatic carbocycles. The van der Waals surface area contributed by atoms with Crippen LogP contribution in [0.25, 0.3) is 10.9 Å². The van der Waals surface area contributed by atoms with Gasteiger partial charge in [-0.15, -0.1) is 0 Å². The number of carbonyl (C=O) groups excluding carboxylic acids is 2. The molecule has 2 N–H and O–H groups in total. The molecule has 0 spiro atoms. The maximum Gasteiger partial charge on any atom is 0.229 e. The highest BCUT2D eigenvalue weighted by Gasteiger charge is 2.34. The summed E-state index contributed by atoms with van der Waals surface area (Å²) >= 11 is 0. The van der Waals surface area contributed by atoms with Gasteiger partial charge < -0.3 is 19.9 Å². The lowest BCUT2D eigenvalue weighted by Crippen LogP contribution is -2.30. The van der Waals surface area contributed by atoms with E-state index in [9.17, 15) is 14.0 Å². The van der Waals surface area contributed by atoms with E-state index in [0.717, 1.165) is 16.5 Å². The number of nitrogens with one attached hydrogen (secondary N) is 2. The summed E-state index contributed by atoms with van der Waals surface area (Å²) in [4.78, 5) is 29.8.